The van der Waals surface area contributed by atoms with Crippen LogP contribution in [-0.2, 0) is 16.6 Å². The third-order valence-electron chi connectivity index (χ3n) is 3.36. The Labute approximate surface area is 136 Å². The molecular weight excluding hydrogens is 332 g/mol. The largest absolute Gasteiger partial charge is 0.375 e. The van der Waals surface area contributed by atoms with Crippen LogP contribution in [0.25, 0.3) is 0 Å². The summed E-state index contributed by atoms with van der Waals surface area (Å²) in [5.74, 6) is 0.216. The predicted octanol–water partition coefficient (Wildman–Crippen LogP) is 1.44. The lowest BCUT2D eigenvalue weighted by Gasteiger charge is -2.31. The maximum atomic E-state index is 11.7. The van der Waals surface area contributed by atoms with Gasteiger partial charge < -0.3 is 5.73 Å². The van der Waals surface area contributed by atoms with Crippen molar-refractivity contribution in [3.63, 3.8) is 0 Å². The number of nitrogen functional groups attached to an aromatic ring is 1. The van der Waals surface area contributed by atoms with Gasteiger partial charge >= 0.3 is 0 Å². The molecule has 21 heavy (non-hydrogen) atoms. The lowest BCUT2D eigenvalue weighted by Crippen LogP contribution is -2.44. The van der Waals surface area contributed by atoms with Crippen molar-refractivity contribution in [2.45, 2.75) is 38.8 Å². The predicted molar refractivity (Wildman–Crippen MR) is 89.3 cm³/mol. The average Bonchev–Trinajstić information content (AvgIpc) is 2.77. The van der Waals surface area contributed by atoms with E-state index >= 15 is 0 Å². The first-order valence-electron chi connectivity index (χ1n) is 6.91. The Morgan fingerprint density at radius 3 is 2.67 bits per heavy atom. The average molecular weight is 355 g/mol. The van der Waals surface area contributed by atoms with Gasteiger partial charge in [-0.05, 0) is 19.3 Å². The van der Waals surface area contributed by atoms with Crippen LogP contribution in [0.1, 0.15) is 31.1 Å². The number of hydrogen-bond acceptors (Lipinski definition) is 6. The molecule has 0 aliphatic carbocycles. The van der Waals surface area contributed by atoms with Crippen molar-refractivity contribution >= 4 is 38.9 Å². The van der Waals surface area contributed by atoms with Crippen LogP contribution in [0.15, 0.2) is 6.20 Å². The molecule has 1 aromatic rings. The van der Waals surface area contributed by atoms with Crippen molar-refractivity contribution in [1.29, 1.82) is 0 Å². The van der Waals surface area contributed by atoms with Gasteiger partial charge in [0.25, 0.3) is 0 Å². The smallest absolute Gasteiger partial charge is 0.211 e. The highest BCUT2D eigenvalue weighted by molar-refractivity contribution is 7.89. The van der Waals surface area contributed by atoms with Gasteiger partial charge in [0.1, 0.15) is 0 Å². The second-order valence-corrected chi connectivity index (χ2v) is 8.17. The van der Waals surface area contributed by atoms with Crippen molar-refractivity contribution in [1.82, 2.24) is 14.6 Å². The molecule has 0 spiro atoms. The quantitative estimate of drug-likeness (QED) is 0.807. The number of sulfonamides is 1. The first kappa shape index (κ1) is 18.6. The van der Waals surface area contributed by atoms with Gasteiger partial charge in [0.05, 0.1) is 5.75 Å². The molecule has 6 nitrogen and oxygen atoms in total. The molecule has 0 atom stereocenters. The number of anilines is 1. The number of nitrogens with one attached hydrogen (secondary N) is 1. The Morgan fingerprint density at radius 2 is 2.14 bits per heavy atom. The van der Waals surface area contributed by atoms with E-state index < -0.39 is 10.0 Å². The van der Waals surface area contributed by atoms with Crippen molar-refractivity contribution in [3.05, 3.63) is 11.1 Å². The number of nitrogens with zero attached hydrogens (tertiary/aromatic N) is 2. The molecule has 0 aromatic carbocycles. The number of halogens is 1. The normalized spacial score (nSPS) is 17.6. The topological polar surface area (TPSA) is 88.3 Å². The van der Waals surface area contributed by atoms with Crippen molar-refractivity contribution < 1.29 is 8.42 Å². The van der Waals surface area contributed by atoms with Crippen LogP contribution in [0.2, 0.25) is 0 Å². The Morgan fingerprint density at radius 1 is 1.48 bits per heavy atom. The Hall–Kier alpha value is -0.410. The summed E-state index contributed by atoms with van der Waals surface area (Å²) in [7, 11) is -3.10. The van der Waals surface area contributed by atoms with Crippen molar-refractivity contribution in [2.75, 3.05) is 24.6 Å². The molecule has 1 aromatic heterocycles. The Bertz CT molecular complexity index is 527. The van der Waals surface area contributed by atoms with Crippen LogP contribution >= 0.6 is 23.7 Å². The minimum atomic E-state index is -3.10. The summed E-state index contributed by atoms with van der Waals surface area (Å²) in [5, 5.41) is 0.599. The standard InChI is InChI=1S/C12H22N4O2S2.ClH/c1-2-7-20(17,18)15-10-3-5-16(6-4-10)9-11-8-14-12(13)19-11;/h8,10,15H,2-7,9H2,1H3,(H2,13,14);1H. The molecule has 1 saturated heterocycles. The molecule has 1 fully saturated rings. The molecule has 0 radical (unpaired) electrons. The van der Waals surface area contributed by atoms with Crippen LogP contribution in [0, 0.1) is 0 Å². The van der Waals surface area contributed by atoms with Crippen LogP contribution in [0.3, 0.4) is 0 Å². The van der Waals surface area contributed by atoms with Crippen LogP contribution in [0.4, 0.5) is 5.13 Å². The number of likely N-dealkylation sites (tertiary alicyclic amines) is 1. The van der Waals surface area contributed by atoms with E-state index in [0.29, 0.717) is 11.6 Å². The molecule has 0 amide bonds. The number of nitrogens with two attached hydrogens (primary N) is 1. The fraction of sp³-hybridized carbons (Fsp3) is 0.750. The van der Waals surface area contributed by atoms with Gasteiger partial charge in [-0.2, -0.15) is 0 Å². The van der Waals surface area contributed by atoms with Crippen molar-refractivity contribution in [2.24, 2.45) is 0 Å². The highest BCUT2D eigenvalue weighted by Gasteiger charge is 2.23. The molecule has 0 saturated carbocycles. The van der Waals surface area contributed by atoms with E-state index in [-0.39, 0.29) is 24.2 Å². The number of rotatable bonds is 6. The zero-order chi connectivity index (χ0) is 14.6. The number of aromatic nitrogens is 1. The summed E-state index contributed by atoms with van der Waals surface area (Å²) in [5.41, 5.74) is 5.62. The van der Waals surface area contributed by atoms with Crippen LogP contribution < -0.4 is 10.5 Å². The Kier molecular flexibility index (Phi) is 7.35. The molecule has 1 aliphatic rings. The summed E-state index contributed by atoms with van der Waals surface area (Å²) in [6, 6.07) is 0.0781. The SMILES string of the molecule is CCCS(=O)(=O)NC1CCN(Cc2cnc(N)s2)CC1.Cl. The lowest BCUT2D eigenvalue weighted by atomic mass is 10.1. The maximum Gasteiger partial charge on any atom is 0.211 e. The summed E-state index contributed by atoms with van der Waals surface area (Å²) in [6.45, 7) is 4.53. The Balaban J connectivity index is 0.00000220. The molecule has 2 heterocycles. The van der Waals surface area contributed by atoms with Gasteiger partial charge in [0.2, 0.25) is 10.0 Å². The third kappa shape index (κ3) is 6.07. The van der Waals surface area contributed by atoms with Gasteiger partial charge in [-0.3, -0.25) is 4.90 Å². The molecule has 122 valence electrons. The minimum Gasteiger partial charge on any atom is -0.375 e. The molecule has 1 aliphatic heterocycles. The first-order chi connectivity index (χ1) is 9.48. The second kappa shape index (κ2) is 8.28. The monoisotopic (exact) mass is 354 g/mol. The molecular formula is C12H23ClN4O2S2. The molecule has 9 heteroatoms. The van der Waals surface area contributed by atoms with E-state index in [9.17, 15) is 8.42 Å². The van der Waals surface area contributed by atoms with E-state index in [0.717, 1.165) is 37.4 Å². The van der Waals surface area contributed by atoms with E-state index in [1.165, 1.54) is 11.3 Å². The molecule has 0 bridgehead atoms. The van der Waals surface area contributed by atoms with E-state index in [4.69, 9.17) is 5.73 Å². The van der Waals surface area contributed by atoms with E-state index in [1.807, 2.05) is 13.1 Å². The van der Waals surface area contributed by atoms with Gasteiger partial charge in [-0.1, -0.05) is 6.92 Å². The zero-order valence-corrected chi connectivity index (χ0v) is 14.6. The van der Waals surface area contributed by atoms with Gasteiger partial charge in [-0.15, -0.1) is 23.7 Å². The summed E-state index contributed by atoms with van der Waals surface area (Å²) in [6.07, 6.45) is 4.19. The summed E-state index contributed by atoms with van der Waals surface area (Å²) in [4.78, 5) is 7.52. The lowest BCUT2D eigenvalue weighted by molar-refractivity contribution is 0.201. The highest BCUT2D eigenvalue weighted by Crippen LogP contribution is 2.19. The summed E-state index contributed by atoms with van der Waals surface area (Å²) >= 11 is 1.51. The van der Waals surface area contributed by atoms with Gasteiger partial charge in [0.15, 0.2) is 5.13 Å². The fourth-order valence-electron chi connectivity index (χ4n) is 2.41. The number of thiazole rings is 1. The van der Waals surface area contributed by atoms with Gasteiger partial charge in [-0.25, -0.2) is 18.1 Å². The van der Waals surface area contributed by atoms with Crippen LogP contribution in [-0.4, -0.2) is 43.2 Å². The number of piperidine rings is 1. The maximum absolute atomic E-state index is 11.7. The second-order valence-electron chi connectivity index (χ2n) is 5.15. The third-order valence-corrected chi connectivity index (χ3v) is 5.81. The molecule has 2 rings (SSSR count). The summed E-state index contributed by atoms with van der Waals surface area (Å²) < 4.78 is 26.3. The highest BCUT2D eigenvalue weighted by atomic mass is 35.5. The van der Waals surface area contributed by atoms with E-state index in [1.54, 1.807) is 0 Å². The van der Waals surface area contributed by atoms with Crippen molar-refractivity contribution in [3.8, 4) is 0 Å². The van der Waals surface area contributed by atoms with Gasteiger partial charge in [0, 0.05) is 36.8 Å². The number of hydrogen-bond donors (Lipinski definition) is 2. The minimum absolute atomic E-state index is 0. The molecule has 3 N–H and O–H groups in total. The first-order valence-corrected chi connectivity index (χ1v) is 9.38. The van der Waals surface area contributed by atoms with E-state index in [2.05, 4.69) is 14.6 Å². The molecule has 0 unspecified atom stereocenters. The zero-order valence-electron chi connectivity index (χ0n) is 12.1. The van der Waals surface area contributed by atoms with Crippen LogP contribution in [0.5, 0.6) is 0 Å². The fourth-order valence-corrected chi connectivity index (χ4v) is 4.53.